The summed E-state index contributed by atoms with van der Waals surface area (Å²) >= 11 is 0. The molecule has 21 heavy (non-hydrogen) atoms. The number of piperidine rings is 1. The first-order chi connectivity index (χ1) is 10.1. The standard InChI is InChI=1S/C17H21NO3/c1-18-7-6-17-10-3-5-13(20)16(17)21-15-12(19)4-2-9(14(15)17)8-11(10)18/h2,4,10-11,13,16,19-20H,3,5-8H2,1H3/t10-,11?,13?,16-,17-/m0/s1. The maximum atomic E-state index is 10.5. The van der Waals surface area contributed by atoms with Gasteiger partial charge in [-0.15, -0.1) is 0 Å². The van der Waals surface area contributed by atoms with Crippen molar-refractivity contribution >= 4 is 0 Å². The number of hydrogen-bond acceptors (Lipinski definition) is 4. The zero-order chi connectivity index (χ0) is 14.4. The van der Waals surface area contributed by atoms with Gasteiger partial charge in [-0.1, -0.05) is 6.07 Å². The van der Waals surface area contributed by atoms with E-state index in [1.807, 2.05) is 0 Å². The Bertz CT molecular complexity index is 631. The van der Waals surface area contributed by atoms with Gasteiger partial charge in [0.1, 0.15) is 6.10 Å². The minimum atomic E-state index is -0.414. The summed E-state index contributed by atoms with van der Waals surface area (Å²) in [5, 5.41) is 20.8. The van der Waals surface area contributed by atoms with Crippen molar-refractivity contribution < 1.29 is 14.9 Å². The van der Waals surface area contributed by atoms with E-state index < -0.39 is 6.10 Å². The molecule has 1 aromatic carbocycles. The van der Waals surface area contributed by atoms with Crippen molar-refractivity contribution in [2.75, 3.05) is 13.6 Å². The minimum absolute atomic E-state index is 0.0729. The van der Waals surface area contributed by atoms with E-state index in [0.717, 1.165) is 32.2 Å². The van der Waals surface area contributed by atoms with Gasteiger partial charge in [-0.05, 0) is 56.8 Å². The van der Waals surface area contributed by atoms with Crippen molar-refractivity contribution in [1.29, 1.82) is 0 Å². The summed E-state index contributed by atoms with van der Waals surface area (Å²) in [6.07, 6.45) is 3.35. The number of aliphatic hydroxyl groups is 1. The van der Waals surface area contributed by atoms with Crippen LogP contribution in [0.1, 0.15) is 30.4 Å². The summed E-state index contributed by atoms with van der Waals surface area (Å²) in [5.74, 6) is 1.44. The van der Waals surface area contributed by atoms with Crippen LogP contribution in [0.4, 0.5) is 0 Å². The Labute approximate surface area is 124 Å². The molecule has 4 heteroatoms. The maximum absolute atomic E-state index is 10.5. The van der Waals surface area contributed by atoms with Crippen LogP contribution in [0.15, 0.2) is 12.1 Å². The molecule has 2 heterocycles. The highest BCUT2D eigenvalue weighted by Crippen LogP contribution is 2.63. The zero-order valence-corrected chi connectivity index (χ0v) is 12.2. The Kier molecular flexibility index (Phi) is 2.19. The molecule has 5 atom stereocenters. The first-order valence-corrected chi connectivity index (χ1v) is 8.03. The van der Waals surface area contributed by atoms with Crippen molar-refractivity contribution in [2.45, 2.75) is 49.3 Å². The molecule has 2 N–H and O–H groups in total. The second-order valence-corrected chi connectivity index (χ2v) is 7.28. The van der Waals surface area contributed by atoms with Crippen LogP contribution in [0, 0.1) is 5.92 Å². The summed E-state index contributed by atoms with van der Waals surface area (Å²) in [6, 6.07) is 4.36. The van der Waals surface area contributed by atoms with Crippen molar-refractivity contribution in [3.05, 3.63) is 23.3 Å². The first kappa shape index (κ1) is 12.3. The number of aliphatic hydroxyl groups excluding tert-OH is 1. The molecule has 2 fully saturated rings. The molecule has 1 saturated heterocycles. The lowest BCUT2D eigenvalue weighted by Gasteiger charge is -2.58. The zero-order valence-electron chi connectivity index (χ0n) is 12.2. The van der Waals surface area contributed by atoms with Crippen LogP contribution in [-0.4, -0.2) is 47.0 Å². The summed E-state index contributed by atoms with van der Waals surface area (Å²) in [4.78, 5) is 2.48. The monoisotopic (exact) mass is 287 g/mol. The number of phenols is 1. The molecule has 1 spiro atoms. The van der Waals surface area contributed by atoms with Gasteiger partial charge < -0.3 is 19.8 Å². The highest BCUT2D eigenvalue weighted by molar-refractivity contribution is 5.60. The second-order valence-electron chi connectivity index (χ2n) is 7.28. The Morgan fingerprint density at radius 3 is 3.05 bits per heavy atom. The lowest BCUT2D eigenvalue weighted by atomic mass is 9.51. The quantitative estimate of drug-likeness (QED) is 0.758. The number of likely N-dealkylation sites (N-methyl/N-ethyl adjacent to an activating group) is 1. The van der Waals surface area contributed by atoms with Crippen LogP contribution >= 0.6 is 0 Å². The molecular weight excluding hydrogens is 266 g/mol. The van der Waals surface area contributed by atoms with Crippen LogP contribution in [0.3, 0.4) is 0 Å². The number of benzene rings is 1. The second kappa shape index (κ2) is 3.73. The molecule has 0 radical (unpaired) electrons. The van der Waals surface area contributed by atoms with Crippen LogP contribution < -0.4 is 4.74 Å². The lowest BCUT2D eigenvalue weighted by molar-refractivity contribution is -0.0993. The van der Waals surface area contributed by atoms with E-state index in [-0.39, 0.29) is 17.3 Å². The van der Waals surface area contributed by atoms with Gasteiger partial charge in [-0.25, -0.2) is 0 Å². The van der Waals surface area contributed by atoms with E-state index in [1.54, 1.807) is 6.07 Å². The molecule has 1 saturated carbocycles. The Hall–Kier alpha value is -1.26. The van der Waals surface area contributed by atoms with E-state index in [9.17, 15) is 10.2 Å². The predicted molar refractivity (Wildman–Crippen MR) is 77.7 cm³/mol. The van der Waals surface area contributed by atoms with Gasteiger partial charge in [-0.3, -0.25) is 0 Å². The maximum Gasteiger partial charge on any atom is 0.165 e. The molecular formula is C17H21NO3. The molecule has 2 bridgehead atoms. The number of aromatic hydroxyl groups is 1. The van der Waals surface area contributed by atoms with Crippen LogP contribution in [-0.2, 0) is 11.8 Å². The third kappa shape index (κ3) is 1.25. The third-order valence-electron chi connectivity index (χ3n) is 6.56. The van der Waals surface area contributed by atoms with Gasteiger partial charge >= 0.3 is 0 Å². The average molecular weight is 287 g/mol. The predicted octanol–water partition coefficient (Wildman–Crippen LogP) is 1.42. The average Bonchev–Trinajstić information content (AvgIpc) is 2.83. The van der Waals surface area contributed by atoms with Gasteiger partial charge in [0.15, 0.2) is 11.5 Å². The summed E-state index contributed by atoms with van der Waals surface area (Å²) < 4.78 is 6.14. The Morgan fingerprint density at radius 1 is 1.33 bits per heavy atom. The number of hydrogen-bond donors (Lipinski definition) is 2. The normalized spacial score (nSPS) is 43.3. The van der Waals surface area contributed by atoms with Crippen molar-refractivity contribution in [3.63, 3.8) is 0 Å². The SMILES string of the molecule is CN1CC[C@]23c4c5ccc(O)c4O[C@H]2C(O)CC[C@H]3C1C5. The minimum Gasteiger partial charge on any atom is -0.504 e. The molecule has 2 aliphatic carbocycles. The molecule has 112 valence electrons. The highest BCUT2D eigenvalue weighted by Gasteiger charge is 2.65. The number of rotatable bonds is 0. The van der Waals surface area contributed by atoms with E-state index in [2.05, 4.69) is 18.0 Å². The van der Waals surface area contributed by atoms with Crippen molar-refractivity contribution in [3.8, 4) is 11.5 Å². The fraction of sp³-hybridized carbons (Fsp3) is 0.647. The molecule has 4 nitrogen and oxygen atoms in total. The highest BCUT2D eigenvalue weighted by atomic mass is 16.5. The molecule has 2 aliphatic heterocycles. The molecule has 1 aromatic rings. The molecule has 2 unspecified atom stereocenters. The van der Waals surface area contributed by atoms with Gasteiger partial charge in [0.2, 0.25) is 0 Å². The Balaban J connectivity index is 1.81. The summed E-state index contributed by atoms with van der Waals surface area (Å²) in [5.41, 5.74) is 2.46. The number of ether oxygens (including phenoxy) is 1. The molecule has 0 aromatic heterocycles. The first-order valence-electron chi connectivity index (χ1n) is 8.03. The summed E-state index contributed by atoms with van der Waals surface area (Å²) in [6.45, 7) is 1.04. The topological polar surface area (TPSA) is 52.9 Å². The Morgan fingerprint density at radius 2 is 2.19 bits per heavy atom. The molecule has 0 amide bonds. The fourth-order valence-electron chi connectivity index (χ4n) is 5.71. The van der Waals surface area contributed by atoms with E-state index in [4.69, 9.17) is 4.74 Å². The largest absolute Gasteiger partial charge is 0.504 e. The van der Waals surface area contributed by atoms with Gasteiger partial charge in [0, 0.05) is 17.0 Å². The summed E-state index contributed by atoms with van der Waals surface area (Å²) in [7, 11) is 2.22. The number of nitrogens with zero attached hydrogens (tertiary/aromatic N) is 1. The van der Waals surface area contributed by atoms with E-state index in [0.29, 0.717) is 17.7 Å². The van der Waals surface area contributed by atoms with E-state index in [1.165, 1.54) is 11.1 Å². The number of likely N-dealkylation sites (tertiary alicyclic amines) is 1. The molecule has 5 rings (SSSR count). The van der Waals surface area contributed by atoms with Crippen LogP contribution in [0.25, 0.3) is 0 Å². The molecule has 4 aliphatic rings. The van der Waals surface area contributed by atoms with E-state index >= 15 is 0 Å². The van der Waals surface area contributed by atoms with Crippen LogP contribution in [0.5, 0.6) is 11.5 Å². The lowest BCUT2D eigenvalue weighted by Crippen LogP contribution is -2.66. The van der Waals surface area contributed by atoms with Crippen molar-refractivity contribution in [1.82, 2.24) is 4.90 Å². The van der Waals surface area contributed by atoms with Gasteiger partial charge in [0.25, 0.3) is 0 Å². The smallest absolute Gasteiger partial charge is 0.165 e. The van der Waals surface area contributed by atoms with Crippen molar-refractivity contribution in [2.24, 2.45) is 5.92 Å². The van der Waals surface area contributed by atoms with Gasteiger partial charge in [0.05, 0.1) is 6.10 Å². The van der Waals surface area contributed by atoms with Crippen LogP contribution in [0.2, 0.25) is 0 Å². The van der Waals surface area contributed by atoms with Gasteiger partial charge in [-0.2, -0.15) is 0 Å². The number of phenolic OH excluding ortho intramolecular Hbond substituents is 1. The third-order valence-corrected chi connectivity index (χ3v) is 6.56. The fourth-order valence-corrected chi connectivity index (χ4v) is 5.71.